The number of thioether (sulfide) groups is 2. The van der Waals surface area contributed by atoms with Crippen LogP contribution in [0.3, 0.4) is 0 Å². The van der Waals surface area contributed by atoms with Gasteiger partial charge in [0.15, 0.2) is 0 Å². The third-order valence-electron chi connectivity index (χ3n) is 2.75. The first kappa shape index (κ1) is 18.6. The lowest BCUT2D eigenvalue weighted by atomic mass is 10.2. The van der Waals surface area contributed by atoms with Crippen LogP contribution in [0.25, 0.3) is 0 Å². The molecule has 0 aliphatic carbocycles. The maximum absolute atomic E-state index is 8.26. The second-order valence-electron chi connectivity index (χ2n) is 5.19. The molecule has 4 heteroatoms. The van der Waals surface area contributed by atoms with Gasteiger partial charge in [-0.15, -0.1) is 23.5 Å². The van der Waals surface area contributed by atoms with Gasteiger partial charge in [-0.3, -0.25) is 5.26 Å². The molecule has 0 rings (SSSR count). The van der Waals surface area contributed by atoms with Gasteiger partial charge in [0.1, 0.15) is 0 Å². The van der Waals surface area contributed by atoms with Gasteiger partial charge in [0.05, 0.1) is 11.2 Å². The molecule has 0 saturated carbocycles. The Hall–Kier alpha value is 0.620. The van der Waals surface area contributed by atoms with Gasteiger partial charge >= 0.3 is 0 Å². The highest BCUT2D eigenvalue weighted by Gasteiger charge is 2.13. The molecule has 2 atom stereocenters. The summed E-state index contributed by atoms with van der Waals surface area (Å²) in [5.41, 5.74) is 0. The lowest BCUT2D eigenvalue weighted by molar-refractivity contribution is -0.242. The Morgan fingerprint density at radius 3 is 2.39 bits per heavy atom. The van der Waals surface area contributed by atoms with E-state index >= 15 is 0 Å². The van der Waals surface area contributed by atoms with Crippen LogP contribution >= 0.6 is 23.5 Å². The van der Waals surface area contributed by atoms with Crippen molar-refractivity contribution in [3.63, 3.8) is 0 Å². The SMILES string of the molecule is CCC(C)SC(CCCCCOO)SCC(C)C. The molecule has 0 aromatic carbocycles. The van der Waals surface area contributed by atoms with Crippen molar-refractivity contribution >= 4 is 23.5 Å². The molecule has 0 aromatic heterocycles. The van der Waals surface area contributed by atoms with Gasteiger partial charge in [0.2, 0.25) is 0 Å². The van der Waals surface area contributed by atoms with E-state index in [0.29, 0.717) is 6.61 Å². The molecule has 0 aliphatic heterocycles. The molecule has 18 heavy (non-hydrogen) atoms. The summed E-state index contributed by atoms with van der Waals surface area (Å²) in [4.78, 5) is 4.10. The Bertz CT molecular complexity index is 177. The molecule has 110 valence electrons. The summed E-state index contributed by atoms with van der Waals surface area (Å²) in [5.74, 6) is 2.03. The normalized spacial score (nSPS) is 15.0. The van der Waals surface area contributed by atoms with Crippen molar-refractivity contribution in [1.82, 2.24) is 0 Å². The van der Waals surface area contributed by atoms with Crippen molar-refractivity contribution in [1.29, 1.82) is 0 Å². The molecular weight excluding hydrogens is 264 g/mol. The minimum absolute atomic E-state index is 0.475. The average Bonchev–Trinajstić information content (AvgIpc) is 2.34. The van der Waals surface area contributed by atoms with Crippen LogP contribution < -0.4 is 0 Å². The van der Waals surface area contributed by atoms with Crippen molar-refractivity contribution in [2.24, 2.45) is 5.92 Å². The summed E-state index contributed by atoms with van der Waals surface area (Å²) in [7, 11) is 0. The molecule has 0 saturated heterocycles. The van der Waals surface area contributed by atoms with Crippen LogP contribution in [0.5, 0.6) is 0 Å². The van der Waals surface area contributed by atoms with Crippen molar-refractivity contribution in [3.05, 3.63) is 0 Å². The number of rotatable bonds is 12. The highest BCUT2D eigenvalue weighted by Crippen LogP contribution is 2.33. The van der Waals surface area contributed by atoms with E-state index < -0.39 is 0 Å². The first-order valence-corrected chi connectivity index (χ1v) is 9.12. The minimum atomic E-state index is 0.475. The predicted molar refractivity (Wildman–Crippen MR) is 85.5 cm³/mol. The molecule has 0 aliphatic rings. The predicted octanol–water partition coefficient (Wildman–Crippen LogP) is 5.28. The van der Waals surface area contributed by atoms with E-state index in [4.69, 9.17) is 5.26 Å². The van der Waals surface area contributed by atoms with Crippen LogP contribution in [0.15, 0.2) is 0 Å². The highest BCUT2D eigenvalue weighted by atomic mass is 32.2. The fraction of sp³-hybridized carbons (Fsp3) is 1.00. The molecule has 2 nitrogen and oxygen atoms in total. The van der Waals surface area contributed by atoms with E-state index in [9.17, 15) is 0 Å². The zero-order valence-electron chi connectivity index (χ0n) is 12.4. The number of hydrogen-bond donors (Lipinski definition) is 1. The van der Waals surface area contributed by atoms with Crippen LogP contribution in [0.1, 0.15) is 59.8 Å². The van der Waals surface area contributed by atoms with Crippen molar-refractivity contribution in [2.75, 3.05) is 12.4 Å². The Labute approximate surface area is 122 Å². The van der Waals surface area contributed by atoms with E-state index in [2.05, 4.69) is 56.1 Å². The molecule has 0 fully saturated rings. The van der Waals surface area contributed by atoms with Crippen molar-refractivity contribution in [3.8, 4) is 0 Å². The van der Waals surface area contributed by atoms with Gasteiger partial charge in [-0.2, -0.15) is 0 Å². The van der Waals surface area contributed by atoms with Gasteiger partial charge in [-0.05, 0) is 30.9 Å². The first-order chi connectivity index (χ1) is 8.60. The largest absolute Gasteiger partial charge is 0.252 e. The third kappa shape index (κ3) is 11.7. The second kappa shape index (κ2) is 12.6. The van der Waals surface area contributed by atoms with E-state index in [1.165, 1.54) is 25.0 Å². The van der Waals surface area contributed by atoms with E-state index in [0.717, 1.165) is 28.6 Å². The lowest BCUT2D eigenvalue weighted by Gasteiger charge is -2.20. The molecule has 0 spiro atoms. The van der Waals surface area contributed by atoms with Crippen LogP contribution in [0, 0.1) is 5.92 Å². The van der Waals surface area contributed by atoms with Crippen LogP contribution in [0.2, 0.25) is 0 Å². The molecular formula is C14H30O2S2. The molecule has 0 bridgehead atoms. The Kier molecular flexibility index (Phi) is 13.1. The van der Waals surface area contributed by atoms with E-state index in [1.54, 1.807) is 0 Å². The minimum Gasteiger partial charge on any atom is -0.252 e. The van der Waals surface area contributed by atoms with Gasteiger partial charge in [-0.25, -0.2) is 4.89 Å². The monoisotopic (exact) mass is 294 g/mol. The Morgan fingerprint density at radius 1 is 1.11 bits per heavy atom. The fourth-order valence-corrected chi connectivity index (χ4v) is 4.57. The van der Waals surface area contributed by atoms with Gasteiger partial charge in [-0.1, -0.05) is 40.5 Å². The quantitative estimate of drug-likeness (QED) is 0.229. The topological polar surface area (TPSA) is 29.5 Å². The maximum Gasteiger partial charge on any atom is 0.0819 e. The molecule has 0 heterocycles. The van der Waals surface area contributed by atoms with Gasteiger partial charge in [0.25, 0.3) is 0 Å². The van der Waals surface area contributed by atoms with Crippen molar-refractivity contribution < 1.29 is 10.1 Å². The summed E-state index contributed by atoms with van der Waals surface area (Å²) in [5, 5.41) is 9.02. The van der Waals surface area contributed by atoms with Gasteiger partial charge in [0, 0.05) is 5.25 Å². The number of hydrogen-bond acceptors (Lipinski definition) is 4. The van der Waals surface area contributed by atoms with Crippen LogP contribution in [-0.2, 0) is 4.89 Å². The van der Waals surface area contributed by atoms with E-state index in [-0.39, 0.29) is 0 Å². The number of unbranched alkanes of at least 4 members (excludes halogenated alkanes) is 2. The Morgan fingerprint density at radius 2 is 1.83 bits per heavy atom. The second-order valence-corrected chi connectivity index (χ2v) is 8.37. The molecule has 2 unspecified atom stereocenters. The third-order valence-corrected chi connectivity index (χ3v) is 6.30. The van der Waals surface area contributed by atoms with Crippen LogP contribution in [-0.4, -0.2) is 27.4 Å². The summed E-state index contributed by atoms with van der Waals surface area (Å²) in [6, 6.07) is 0. The molecule has 0 amide bonds. The zero-order chi connectivity index (χ0) is 13.8. The summed E-state index contributed by atoms with van der Waals surface area (Å²) in [6.07, 6.45) is 5.88. The van der Waals surface area contributed by atoms with Crippen LogP contribution in [0.4, 0.5) is 0 Å². The van der Waals surface area contributed by atoms with Crippen molar-refractivity contribution in [2.45, 2.75) is 69.6 Å². The van der Waals surface area contributed by atoms with E-state index in [1.807, 2.05) is 0 Å². The molecule has 1 N–H and O–H groups in total. The standard InChI is InChI=1S/C14H30O2S2/c1-5-13(4)18-14(17-11-12(2)3)9-7-6-8-10-16-15/h12-15H,5-11H2,1-4H3. The Balaban J connectivity index is 3.81. The average molecular weight is 295 g/mol. The first-order valence-electron chi connectivity index (χ1n) is 7.13. The summed E-state index contributed by atoms with van der Waals surface area (Å²) >= 11 is 4.25. The lowest BCUT2D eigenvalue weighted by Crippen LogP contribution is -2.07. The maximum atomic E-state index is 8.26. The highest BCUT2D eigenvalue weighted by molar-refractivity contribution is 8.17. The zero-order valence-corrected chi connectivity index (χ0v) is 14.0. The summed E-state index contributed by atoms with van der Waals surface area (Å²) in [6.45, 7) is 9.64. The molecule has 0 aromatic rings. The fourth-order valence-electron chi connectivity index (χ4n) is 1.50. The van der Waals surface area contributed by atoms with Gasteiger partial charge < -0.3 is 0 Å². The summed E-state index contributed by atoms with van der Waals surface area (Å²) < 4.78 is 0.734. The smallest absolute Gasteiger partial charge is 0.0819 e. The molecule has 0 radical (unpaired) electrons.